The summed E-state index contributed by atoms with van der Waals surface area (Å²) in [5.74, 6) is 1.39. The number of rotatable bonds is 4. The zero-order valence-corrected chi connectivity index (χ0v) is 17.3. The Morgan fingerprint density at radius 1 is 1.03 bits per heavy atom. The summed E-state index contributed by atoms with van der Waals surface area (Å²) in [6.45, 7) is 3.27. The maximum absolute atomic E-state index is 13.4. The van der Waals surface area contributed by atoms with Gasteiger partial charge in [0.25, 0.3) is 5.91 Å². The molecule has 2 aliphatic heterocycles. The zero-order valence-electron chi connectivity index (χ0n) is 17.3. The molecule has 0 bridgehead atoms. The number of fused-ring (bicyclic) bond motifs is 1. The van der Waals surface area contributed by atoms with E-state index in [4.69, 9.17) is 0 Å². The normalized spacial score (nSPS) is 19.5. The van der Waals surface area contributed by atoms with E-state index in [2.05, 4.69) is 11.1 Å². The van der Waals surface area contributed by atoms with Crippen molar-refractivity contribution in [2.24, 2.45) is 5.92 Å². The lowest BCUT2D eigenvalue weighted by molar-refractivity contribution is -0.131. The van der Waals surface area contributed by atoms with Crippen molar-refractivity contribution in [3.05, 3.63) is 53.7 Å². The Morgan fingerprint density at radius 3 is 2.70 bits per heavy atom. The monoisotopic (exact) mass is 404 g/mol. The maximum atomic E-state index is 13.4. The van der Waals surface area contributed by atoms with Crippen LogP contribution in [0.3, 0.4) is 0 Å². The molecule has 0 radical (unpaired) electrons. The molecular weight excluding hydrogens is 376 g/mol. The Kier molecular flexibility index (Phi) is 5.15. The first kappa shape index (κ1) is 19.1. The predicted octanol–water partition coefficient (Wildman–Crippen LogP) is 3.12. The van der Waals surface area contributed by atoms with Crippen molar-refractivity contribution in [1.82, 2.24) is 9.88 Å². The Labute approximate surface area is 177 Å². The van der Waals surface area contributed by atoms with E-state index in [1.54, 1.807) is 12.3 Å². The molecule has 6 heteroatoms. The van der Waals surface area contributed by atoms with Gasteiger partial charge < -0.3 is 14.7 Å². The molecule has 2 aromatic rings. The summed E-state index contributed by atoms with van der Waals surface area (Å²) in [7, 11) is 0. The highest BCUT2D eigenvalue weighted by Gasteiger charge is 2.32. The van der Waals surface area contributed by atoms with Gasteiger partial charge >= 0.3 is 0 Å². The van der Waals surface area contributed by atoms with Gasteiger partial charge in [-0.25, -0.2) is 4.98 Å². The molecule has 2 amide bonds. The van der Waals surface area contributed by atoms with Gasteiger partial charge in [-0.05, 0) is 48.9 Å². The van der Waals surface area contributed by atoms with Gasteiger partial charge in [0.05, 0.1) is 12.1 Å². The van der Waals surface area contributed by atoms with E-state index >= 15 is 0 Å². The molecule has 3 aliphatic rings. The number of aromatic nitrogens is 1. The lowest BCUT2D eigenvalue weighted by Gasteiger charge is -2.37. The molecule has 5 rings (SSSR count). The lowest BCUT2D eigenvalue weighted by Crippen LogP contribution is -2.52. The summed E-state index contributed by atoms with van der Waals surface area (Å²) >= 11 is 0. The Balaban J connectivity index is 1.33. The molecule has 30 heavy (non-hydrogen) atoms. The van der Waals surface area contributed by atoms with Crippen molar-refractivity contribution < 1.29 is 9.59 Å². The molecule has 0 unspecified atom stereocenters. The van der Waals surface area contributed by atoms with Crippen molar-refractivity contribution >= 4 is 23.3 Å². The van der Waals surface area contributed by atoms with Gasteiger partial charge in [-0.3, -0.25) is 9.59 Å². The second kappa shape index (κ2) is 8.09. The second-order valence-corrected chi connectivity index (χ2v) is 8.62. The molecule has 0 atom stereocenters. The number of carbonyl (C=O) groups is 2. The average Bonchev–Trinajstić information content (AvgIpc) is 3.44. The number of nitrogens with zero attached hydrogens (tertiary/aromatic N) is 4. The third-order valence-corrected chi connectivity index (χ3v) is 6.72. The van der Waals surface area contributed by atoms with E-state index in [0.717, 1.165) is 18.7 Å². The van der Waals surface area contributed by atoms with Crippen LogP contribution in [0.15, 0.2) is 42.6 Å². The van der Waals surface area contributed by atoms with E-state index in [1.807, 2.05) is 39.0 Å². The molecule has 1 aliphatic carbocycles. The Morgan fingerprint density at radius 2 is 1.87 bits per heavy atom. The number of amides is 2. The zero-order chi connectivity index (χ0) is 20.5. The molecule has 0 N–H and O–H groups in total. The quantitative estimate of drug-likeness (QED) is 0.786. The smallest absolute Gasteiger partial charge is 0.262 e. The summed E-state index contributed by atoms with van der Waals surface area (Å²) in [6.07, 6.45) is 7.64. The summed E-state index contributed by atoms with van der Waals surface area (Å²) in [5, 5.41) is 0. The first-order chi connectivity index (χ1) is 14.7. The number of para-hydroxylation sites is 1. The van der Waals surface area contributed by atoms with Crippen LogP contribution in [-0.4, -0.2) is 54.4 Å². The molecule has 1 aromatic carbocycles. The van der Waals surface area contributed by atoms with Crippen LogP contribution in [0.5, 0.6) is 0 Å². The van der Waals surface area contributed by atoms with Crippen molar-refractivity contribution in [3.8, 4) is 0 Å². The molecule has 1 saturated heterocycles. The molecule has 156 valence electrons. The minimum Gasteiger partial charge on any atom is -0.345 e. The van der Waals surface area contributed by atoms with Gasteiger partial charge in [-0.2, -0.15) is 0 Å². The maximum Gasteiger partial charge on any atom is 0.262 e. The van der Waals surface area contributed by atoms with Crippen LogP contribution in [0.2, 0.25) is 0 Å². The van der Waals surface area contributed by atoms with E-state index in [1.165, 1.54) is 31.2 Å². The third-order valence-electron chi connectivity index (χ3n) is 6.72. The Bertz CT molecular complexity index is 954. The van der Waals surface area contributed by atoms with E-state index in [-0.39, 0.29) is 11.8 Å². The fourth-order valence-electron chi connectivity index (χ4n) is 5.10. The summed E-state index contributed by atoms with van der Waals surface area (Å²) in [5.41, 5.74) is 2.76. The van der Waals surface area contributed by atoms with Crippen LogP contribution in [-0.2, 0) is 11.2 Å². The highest BCUT2D eigenvalue weighted by Crippen LogP contribution is 2.31. The highest BCUT2D eigenvalue weighted by molar-refractivity contribution is 6.10. The number of piperazine rings is 1. The largest absolute Gasteiger partial charge is 0.345 e. The molecule has 2 fully saturated rings. The van der Waals surface area contributed by atoms with E-state index in [0.29, 0.717) is 43.5 Å². The summed E-state index contributed by atoms with van der Waals surface area (Å²) < 4.78 is 0. The fourth-order valence-corrected chi connectivity index (χ4v) is 5.10. The molecule has 1 saturated carbocycles. The van der Waals surface area contributed by atoms with Crippen LogP contribution < -0.4 is 9.80 Å². The second-order valence-electron chi connectivity index (χ2n) is 8.62. The number of anilines is 2. The van der Waals surface area contributed by atoms with Gasteiger partial charge in [0.1, 0.15) is 5.82 Å². The SMILES string of the molecule is O=C1CN(c2ncccc2C(=O)N2CCc3ccccc32)CCN1CC1CCCC1. The van der Waals surface area contributed by atoms with E-state index < -0.39 is 0 Å². The number of hydrogen-bond acceptors (Lipinski definition) is 4. The van der Waals surface area contributed by atoms with Crippen LogP contribution >= 0.6 is 0 Å². The first-order valence-corrected chi connectivity index (χ1v) is 11.1. The van der Waals surface area contributed by atoms with Crippen molar-refractivity contribution in [2.45, 2.75) is 32.1 Å². The average molecular weight is 405 g/mol. The van der Waals surface area contributed by atoms with Gasteiger partial charge in [0.15, 0.2) is 0 Å². The third kappa shape index (κ3) is 3.55. The summed E-state index contributed by atoms with van der Waals surface area (Å²) in [6, 6.07) is 11.7. The van der Waals surface area contributed by atoms with Gasteiger partial charge in [-0.15, -0.1) is 0 Å². The van der Waals surface area contributed by atoms with Gasteiger partial charge in [-0.1, -0.05) is 31.0 Å². The fraction of sp³-hybridized carbons (Fsp3) is 0.458. The number of benzene rings is 1. The van der Waals surface area contributed by atoms with Crippen LogP contribution in [0.4, 0.5) is 11.5 Å². The minimum absolute atomic E-state index is 0.0381. The van der Waals surface area contributed by atoms with Gasteiger partial charge in [0, 0.05) is 38.1 Å². The summed E-state index contributed by atoms with van der Waals surface area (Å²) in [4.78, 5) is 36.6. The van der Waals surface area contributed by atoms with Crippen LogP contribution in [0, 0.1) is 5.92 Å². The molecule has 6 nitrogen and oxygen atoms in total. The first-order valence-electron chi connectivity index (χ1n) is 11.1. The lowest BCUT2D eigenvalue weighted by atomic mass is 10.1. The molecular formula is C24H28N4O2. The van der Waals surface area contributed by atoms with Crippen LogP contribution in [0.25, 0.3) is 0 Å². The highest BCUT2D eigenvalue weighted by atomic mass is 16.2. The molecule has 1 aromatic heterocycles. The number of hydrogen-bond donors (Lipinski definition) is 0. The van der Waals surface area contributed by atoms with Crippen molar-refractivity contribution in [2.75, 3.05) is 42.5 Å². The Hall–Kier alpha value is -2.89. The number of carbonyl (C=O) groups excluding carboxylic acids is 2. The molecule has 3 heterocycles. The van der Waals surface area contributed by atoms with Crippen LogP contribution in [0.1, 0.15) is 41.6 Å². The topological polar surface area (TPSA) is 56.8 Å². The van der Waals surface area contributed by atoms with Crippen molar-refractivity contribution in [3.63, 3.8) is 0 Å². The minimum atomic E-state index is -0.0381. The van der Waals surface area contributed by atoms with Crippen molar-refractivity contribution in [1.29, 1.82) is 0 Å². The number of pyridine rings is 1. The van der Waals surface area contributed by atoms with E-state index in [9.17, 15) is 9.59 Å². The van der Waals surface area contributed by atoms with Gasteiger partial charge in [0.2, 0.25) is 5.91 Å². The standard InChI is InChI=1S/C24H28N4O2/c29-22-17-27(15-14-26(22)16-18-6-1-2-7-18)23-20(9-5-12-25-23)24(30)28-13-11-19-8-3-4-10-21(19)28/h3-5,8-10,12,18H,1-2,6-7,11,13-17H2. The predicted molar refractivity (Wildman–Crippen MR) is 117 cm³/mol. The molecule has 0 spiro atoms.